The summed E-state index contributed by atoms with van der Waals surface area (Å²) in [5.74, 6) is 1.48. The first kappa shape index (κ1) is 17.3. The number of hydrogen-bond acceptors (Lipinski definition) is 7. The van der Waals surface area contributed by atoms with Gasteiger partial charge < -0.3 is 14.4 Å². The lowest BCUT2D eigenvalue weighted by atomic mass is 10.3. The Morgan fingerprint density at radius 3 is 2.24 bits per heavy atom. The SMILES string of the molecule is Cc1nc(N(C)C)nc(C)c1NS(=O)(=O)c1ccc2c(c1)OCCO2. The number of benzene rings is 1. The molecule has 0 bridgehead atoms. The van der Waals surface area contributed by atoms with Gasteiger partial charge in [0, 0.05) is 20.2 Å². The third-order valence-electron chi connectivity index (χ3n) is 3.72. The minimum atomic E-state index is -3.80. The van der Waals surface area contributed by atoms with Crippen molar-refractivity contribution in [2.24, 2.45) is 0 Å². The van der Waals surface area contributed by atoms with Crippen molar-refractivity contribution in [3.63, 3.8) is 0 Å². The Morgan fingerprint density at radius 1 is 1.04 bits per heavy atom. The van der Waals surface area contributed by atoms with Gasteiger partial charge in [0.2, 0.25) is 5.95 Å². The average Bonchev–Trinajstić information content (AvgIpc) is 2.57. The fraction of sp³-hybridized carbons (Fsp3) is 0.375. The number of aromatic nitrogens is 2. The number of hydrogen-bond donors (Lipinski definition) is 1. The standard InChI is InChI=1S/C16H20N4O4S/c1-10-15(11(2)18-16(17-10)20(3)4)19-25(21,22)12-5-6-13-14(9-12)24-8-7-23-13/h5-6,9,19H,7-8H2,1-4H3. The van der Waals surface area contributed by atoms with Crippen molar-refractivity contribution in [1.82, 2.24) is 9.97 Å². The van der Waals surface area contributed by atoms with Crippen molar-refractivity contribution in [2.45, 2.75) is 18.7 Å². The third kappa shape index (κ3) is 3.46. The van der Waals surface area contributed by atoms with Gasteiger partial charge in [0.1, 0.15) is 13.2 Å². The van der Waals surface area contributed by atoms with Crippen LogP contribution in [0.5, 0.6) is 11.5 Å². The Labute approximate surface area is 146 Å². The number of anilines is 2. The van der Waals surface area contributed by atoms with E-state index in [1.165, 1.54) is 12.1 Å². The molecule has 8 nitrogen and oxygen atoms in total. The molecule has 0 atom stereocenters. The molecule has 25 heavy (non-hydrogen) atoms. The van der Waals surface area contributed by atoms with E-state index in [4.69, 9.17) is 9.47 Å². The van der Waals surface area contributed by atoms with E-state index < -0.39 is 10.0 Å². The number of nitrogens with zero attached hydrogens (tertiary/aromatic N) is 3. The first-order chi connectivity index (χ1) is 11.8. The van der Waals surface area contributed by atoms with E-state index in [-0.39, 0.29) is 4.90 Å². The molecule has 0 radical (unpaired) electrons. The largest absolute Gasteiger partial charge is 0.486 e. The van der Waals surface area contributed by atoms with Gasteiger partial charge in [-0.15, -0.1) is 0 Å². The molecule has 0 saturated heterocycles. The monoisotopic (exact) mass is 364 g/mol. The van der Waals surface area contributed by atoms with Crippen LogP contribution in [0.4, 0.5) is 11.6 Å². The Hall–Kier alpha value is -2.55. The molecule has 1 aromatic heterocycles. The zero-order chi connectivity index (χ0) is 18.2. The second-order valence-electron chi connectivity index (χ2n) is 5.87. The fourth-order valence-corrected chi connectivity index (χ4v) is 3.62. The van der Waals surface area contributed by atoms with Gasteiger partial charge >= 0.3 is 0 Å². The molecular weight excluding hydrogens is 344 g/mol. The second-order valence-corrected chi connectivity index (χ2v) is 7.56. The highest BCUT2D eigenvalue weighted by Crippen LogP contribution is 2.33. The van der Waals surface area contributed by atoms with Crippen molar-refractivity contribution >= 4 is 21.7 Å². The molecule has 0 fully saturated rings. The number of aryl methyl sites for hydroxylation is 2. The fourth-order valence-electron chi connectivity index (χ4n) is 2.43. The summed E-state index contributed by atoms with van der Waals surface area (Å²) in [5, 5.41) is 0. The molecule has 2 heterocycles. The normalized spacial score (nSPS) is 13.4. The predicted molar refractivity (Wildman–Crippen MR) is 94.1 cm³/mol. The topological polar surface area (TPSA) is 93.7 Å². The van der Waals surface area contributed by atoms with E-state index in [1.807, 2.05) is 14.1 Å². The smallest absolute Gasteiger partial charge is 0.262 e. The molecule has 1 aliphatic heterocycles. The number of fused-ring (bicyclic) bond motifs is 1. The summed E-state index contributed by atoms with van der Waals surface area (Å²) < 4.78 is 38.9. The van der Waals surface area contributed by atoms with Crippen LogP contribution in [0, 0.1) is 13.8 Å². The van der Waals surface area contributed by atoms with Crippen molar-refractivity contribution in [2.75, 3.05) is 36.9 Å². The van der Waals surface area contributed by atoms with Crippen molar-refractivity contribution in [3.05, 3.63) is 29.6 Å². The summed E-state index contributed by atoms with van der Waals surface area (Å²) >= 11 is 0. The van der Waals surface area contributed by atoms with Crippen LogP contribution in [0.15, 0.2) is 23.1 Å². The number of ether oxygens (including phenoxy) is 2. The summed E-state index contributed by atoms with van der Waals surface area (Å²) in [6.07, 6.45) is 0. The Bertz CT molecular complexity index is 889. The maximum absolute atomic E-state index is 12.7. The van der Waals surface area contributed by atoms with Crippen LogP contribution in [0.2, 0.25) is 0 Å². The van der Waals surface area contributed by atoms with Gasteiger partial charge in [-0.1, -0.05) is 0 Å². The quantitative estimate of drug-likeness (QED) is 0.883. The van der Waals surface area contributed by atoms with Gasteiger partial charge in [-0.2, -0.15) is 0 Å². The lowest BCUT2D eigenvalue weighted by Crippen LogP contribution is -2.19. The van der Waals surface area contributed by atoms with Crippen molar-refractivity contribution in [3.8, 4) is 11.5 Å². The molecule has 1 N–H and O–H groups in total. The molecule has 0 saturated carbocycles. The lowest BCUT2D eigenvalue weighted by Gasteiger charge is -2.19. The van der Waals surface area contributed by atoms with E-state index in [2.05, 4.69) is 14.7 Å². The maximum Gasteiger partial charge on any atom is 0.262 e. The Morgan fingerprint density at radius 2 is 1.64 bits per heavy atom. The van der Waals surface area contributed by atoms with Crippen molar-refractivity contribution in [1.29, 1.82) is 0 Å². The van der Waals surface area contributed by atoms with Crippen LogP contribution in [0.1, 0.15) is 11.4 Å². The summed E-state index contributed by atoms with van der Waals surface area (Å²) in [6, 6.07) is 4.53. The highest BCUT2D eigenvalue weighted by molar-refractivity contribution is 7.92. The molecule has 0 aliphatic carbocycles. The summed E-state index contributed by atoms with van der Waals surface area (Å²) in [6.45, 7) is 4.32. The molecule has 0 unspecified atom stereocenters. The molecule has 2 aromatic rings. The van der Waals surface area contributed by atoms with E-state index in [9.17, 15) is 8.42 Å². The summed E-state index contributed by atoms with van der Waals surface area (Å²) in [7, 11) is -0.151. The zero-order valence-corrected chi connectivity index (χ0v) is 15.3. The molecule has 0 spiro atoms. The third-order valence-corrected chi connectivity index (χ3v) is 5.07. The minimum Gasteiger partial charge on any atom is -0.486 e. The number of sulfonamides is 1. The molecule has 9 heteroatoms. The molecule has 1 aromatic carbocycles. The molecule has 3 rings (SSSR count). The molecular formula is C16H20N4O4S. The average molecular weight is 364 g/mol. The molecule has 0 amide bonds. The van der Waals surface area contributed by atoms with Gasteiger partial charge in [-0.3, -0.25) is 4.72 Å². The minimum absolute atomic E-state index is 0.0900. The van der Waals surface area contributed by atoms with Crippen LogP contribution in [-0.4, -0.2) is 45.7 Å². The van der Waals surface area contributed by atoms with Crippen LogP contribution >= 0.6 is 0 Å². The highest BCUT2D eigenvalue weighted by Gasteiger charge is 2.22. The second kappa shape index (κ2) is 6.40. The van der Waals surface area contributed by atoms with E-state index in [1.54, 1.807) is 24.8 Å². The molecule has 134 valence electrons. The van der Waals surface area contributed by atoms with Gasteiger partial charge in [0.15, 0.2) is 11.5 Å². The lowest BCUT2D eigenvalue weighted by molar-refractivity contribution is 0.171. The Kier molecular flexibility index (Phi) is 4.42. The Balaban J connectivity index is 1.94. The molecule has 1 aliphatic rings. The van der Waals surface area contributed by atoms with Gasteiger partial charge in [0.25, 0.3) is 10.0 Å². The summed E-state index contributed by atoms with van der Waals surface area (Å²) in [5.41, 5.74) is 1.48. The number of rotatable bonds is 4. The van der Waals surface area contributed by atoms with Gasteiger partial charge in [-0.05, 0) is 26.0 Å². The highest BCUT2D eigenvalue weighted by atomic mass is 32.2. The first-order valence-electron chi connectivity index (χ1n) is 7.73. The number of nitrogens with one attached hydrogen (secondary N) is 1. The van der Waals surface area contributed by atoms with E-state index in [0.717, 1.165) is 0 Å². The maximum atomic E-state index is 12.7. The van der Waals surface area contributed by atoms with Crippen LogP contribution in [0.3, 0.4) is 0 Å². The van der Waals surface area contributed by atoms with E-state index in [0.29, 0.717) is 47.7 Å². The van der Waals surface area contributed by atoms with Crippen LogP contribution < -0.4 is 19.1 Å². The van der Waals surface area contributed by atoms with Crippen LogP contribution in [0.25, 0.3) is 0 Å². The van der Waals surface area contributed by atoms with Crippen molar-refractivity contribution < 1.29 is 17.9 Å². The van der Waals surface area contributed by atoms with Gasteiger partial charge in [-0.25, -0.2) is 18.4 Å². The van der Waals surface area contributed by atoms with Gasteiger partial charge in [0.05, 0.1) is 22.0 Å². The summed E-state index contributed by atoms with van der Waals surface area (Å²) in [4.78, 5) is 10.5. The first-order valence-corrected chi connectivity index (χ1v) is 9.21. The zero-order valence-electron chi connectivity index (χ0n) is 14.5. The predicted octanol–water partition coefficient (Wildman–Crippen LogP) is 1.73. The van der Waals surface area contributed by atoms with E-state index >= 15 is 0 Å². The van der Waals surface area contributed by atoms with Crippen LogP contribution in [-0.2, 0) is 10.0 Å².